The molecule has 116 valence electrons. The Balaban J connectivity index is 2.20. The Morgan fingerprint density at radius 2 is 1.50 bits per heavy atom. The normalized spacial score (nSPS) is 19.8. The minimum Gasteiger partial charge on any atom is -0.457 e. The third-order valence-electron chi connectivity index (χ3n) is 4.51. The van der Waals surface area contributed by atoms with E-state index in [4.69, 9.17) is 10.5 Å². The van der Waals surface area contributed by atoms with E-state index in [9.17, 15) is 5.11 Å². The van der Waals surface area contributed by atoms with E-state index in [1.54, 1.807) is 0 Å². The molecule has 0 aliphatic carbocycles. The van der Waals surface area contributed by atoms with Crippen LogP contribution in [0.2, 0.25) is 0 Å². The predicted molar refractivity (Wildman–Crippen MR) is 88.7 cm³/mol. The van der Waals surface area contributed by atoms with E-state index < -0.39 is 0 Å². The van der Waals surface area contributed by atoms with E-state index in [1.807, 2.05) is 18.2 Å². The van der Waals surface area contributed by atoms with Crippen molar-refractivity contribution in [3.05, 3.63) is 58.7 Å². The Morgan fingerprint density at radius 1 is 0.955 bits per heavy atom. The van der Waals surface area contributed by atoms with Gasteiger partial charge >= 0.3 is 0 Å². The van der Waals surface area contributed by atoms with Crippen molar-refractivity contribution in [2.45, 2.75) is 32.1 Å². The van der Waals surface area contributed by atoms with E-state index in [0.717, 1.165) is 29.0 Å². The van der Waals surface area contributed by atoms with Gasteiger partial charge in [-0.1, -0.05) is 35.4 Å². The van der Waals surface area contributed by atoms with Crippen molar-refractivity contribution in [1.82, 2.24) is 0 Å². The van der Waals surface area contributed by atoms with E-state index in [0.29, 0.717) is 6.54 Å². The first-order valence-electron chi connectivity index (χ1n) is 7.84. The van der Waals surface area contributed by atoms with Crippen LogP contribution in [0.4, 0.5) is 0 Å². The number of fused-ring (bicyclic) bond motifs is 2. The Kier molecular flexibility index (Phi) is 4.19. The summed E-state index contributed by atoms with van der Waals surface area (Å²) in [6.07, 6.45) is 0.832. The van der Waals surface area contributed by atoms with Gasteiger partial charge in [0.05, 0.1) is 6.61 Å². The third-order valence-corrected chi connectivity index (χ3v) is 4.51. The number of rotatable bonds is 3. The summed E-state index contributed by atoms with van der Waals surface area (Å²) < 4.78 is 6.17. The molecule has 3 nitrogen and oxygen atoms in total. The Hall–Kier alpha value is -1.84. The van der Waals surface area contributed by atoms with Crippen molar-refractivity contribution in [1.29, 1.82) is 0 Å². The Morgan fingerprint density at radius 3 is 2.00 bits per heavy atom. The summed E-state index contributed by atoms with van der Waals surface area (Å²) in [6.45, 7) is 4.83. The molecule has 0 aromatic heterocycles. The van der Waals surface area contributed by atoms with E-state index in [2.05, 4.69) is 32.0 Å². The molecule has 2 aromatic rings. The second kappa shape index (κ2) is 6.11. The molecular formula is C19H23NO2. The monoisotopic (exact) mass is 297 g/mol. The number of ether oxygens (including phenoxy) is 1. The summed E-state index contributed by atoms with van der Waals surface area (Å²) in [6, 6.07) is 12.4. The largest absolute Gasteiger partial charge is 0.457 e. The van der Waals surface area contributed by atoms with Gasteiger partial charge in [0.1, 0.15) is 11.5 Å². The van der Waals surface area contributed by atoms with E-state index in [-0.39, 0.29) is 18.4 Å². The average Bonchev–Trinajstić information content (AvgIpc) is 2.62. The van der Waals surface area contributed by atoms with Crippen LogP contribution in [0.25, 0.3) is 0 Å². The highest BCUT2D eigenvalue weighted by Crippen LogP contribution is 2.47. The second-order valence-corrected chi connectivity index (χ2v) is 6.16. The van der Waals surface area contributed by atoms with Gasteiger partial charge in [0, 0.05) is 11.5 Å². The number of benzene rings is 2. The summed E-state index contributed by atoms with van der Waals surface area (Å²) in [5.74, 6) is 1.91. The molecule has 3 N–H and O–H groups in total. The molecule has 0 bridgehead atoms. The van der Waals surface area contributed by atoms with Crippen molar-refractivity contribution in [3.63, 3.8) is 0 Å². The minimum atomic E-state index is 0.0153. The maximum absolute atomic E-state index is 10.0. The fourth-order valence-corrected chi connectivity index (χ4v) is 3.41. The highest BCUT2D eigenvalue weighted by atomic mass is 16.5. The average molecular weight is 297 g/mol. The molecule has 1 heterocycles. The van der Waals surface area contributed by atoms with Gasteiger partial charge in [0.15, 0.2) is 0 Å². The fourth-order valence-electron chi connectivity index (χ4n) is 3.41. The van der Waals surface area contributed by atoms with Crippen LogP contribution in [0.15, 0.2) is 36.4 Å². The summed E-state index contributed by atoms with van der Waals surface area (Å²) in [5, 5.41) is 10.0. The number of aryl methyl sites for hydroxylation is 2. The molecule has 22 heavy (non-hydrogen) atoms. The lowest BCUT2D eigenvalue weighted by atomic mass is 9.79. The summed E-state index contributed by atoms with van der Waals surface area (Å²) >= 11 is 0. The Labute approximate surface area is 131 Å². The first-order chi connectivity index (χ1) is 10.6. The molecule has 1 aliphatic rings. The quantitative estimate of drug-likeness (QED) is 0.910. The molecule has 3 rings (SSSR count). The molecule has 0 radical (unpaired) electrons. The first-order valence-corrected chi connectivity index (χ1v) is 7.84. The number of nitrogens with two attached hydrogens (primary N) is 1. The Bertz CT molecular complexity index is 681. The van der Waals surface area contributed by atoms with Gasteiger partial charge in [-0.25, -0.2) is 0 Å². The van der Waals surface area contributed by atoms with Gasteiger partial charge < -0.3 is 15.6 Å². The van der Waals surface area contributed by atoms with Crippen LogP contribution in [0.1, 0.15) is 40.5 Å². The van der Waals surface area contributed by atoms with E-state index >= 15 is 0 Å². The summed E-state index contributed by atoms with van der Waals surface area (Å²) in [5.41, 5.74) is 10.5. The molecule has 1 aliphatic heterocycles. The molecule has 2 atom stereocenters. The maximum atomic E-state index is 10.0. The van der Waals surface area contributed by atoms with Gasteiger partial charge in [-0.3, -0.25) is 0 Å². The smallest absolute Gasteiger partial charge is 0.131 e. The maximum Gasteiger partial charge on any atom is 0.131 e. The number of hydrogen-bond donors (Lipinski definition) is 2. The van der Waals surface area contributed by atoms with Crippen LogP contribution in [-0.2, 0) is 0 Å². The number of aliphatic hydroxyl groups is 1. The highest BCUT2D eigenvalue weighted by Gasteiger charge is 2.32. The SMILES string of the molecule is Cc1ccc2c(c1)[C@@H](CO)[C@H](CCN)c1cc(C)ccc1O2. The fraction of sp³-hybridized carbons (Fsp3) is 0.368. The van der Waals surface area contributed by atoms with E-state index in [1.165, 1.54) is 11.1 Å². The van der Waals surface area contributed by atoms with Crippen molar-refractivity contribution in [3.8, 4) is 11.5 Å². The van der Waals surface area contributed by atoms with Crippen molar-refractivity contribution in [2.75, 3.05) is 13.2 Å². The molecule has 0 unspecified atom stereocenters. The van der Waals surface area contributed by atoms with Crippen LogP contribution < -0.4 is 10.5 Å². The van der Waals surface area contributed by atoms with Crippen molar-refractivity contribution in [2.24, 2.45) is 5.73 Å². The zero-order valence-electron chi connectivity index (χ0n) is 13.2. The molecule has 0 fully saturated rings. The lowest BCUT2D eigenvalue weighted by Crippen LogP contribution is -2.18. The minimum absolute atomic E-state index is 0.0153. The van der Waals surface area contributed by atoms with Crippen molar-refractivity contribution >= 4 is 0 Å². The molecule has 0 saturated carbocycles. The molecule has 3 heteroatoms. The van der Waals surface area contributed by atoms with Crippen LogP contribution >= 0.6 is 0 Å². The zero-order chi connectivity index (χ0) is 15.7. The van der Waals surface area contributed by atoms with Gasteiger partial charge in [-0.15, -0.1) is 0 Å². The molecular weight excluding hydrogens is 274 g/mol. The third kappa shape index (κ3) is 2.62. The van der Waals surface area contributed by atoms with Crippen molar-refractivity contribution < 1.29 is 9.84 Å². The van der Waals surface area contributed by atoms with Gasteiger partial charge in [0.25, 0.3) is 0 Å². The molecule has 2 aromatic carbocycles. The predicted octanol–water partition coefficient (Wildman–Crippen LogP) is 3.62. The van der Waals surface area contributed by atoms with Crippen LogP contribution in [0, 0.1) is 13.8 Å². The topological polar surface area (TPSA) is 55.5 Å². The second-order valence-electron chi connectivity index (χ2n) is 6.16. The molecule has 0 saturated heterocycles. The van der Waals surface area contributed by atoms with Crippen LogP contribution in [0.3, 0.4) is 0 Å². The van der Waals surface area contributed by atoms with Crippen LogP contribution in [0.5, 0.6) is 11.5 Å². The molecule has 0 spiro atoms. The number of hydrogen-bond acceptors (Lipinski definition) is 3. The number of aliphatic hydroxyl groups excluding tert-OH is 1. The van der Waals surface area contributed by atoms with Gasteiger partial charge in [-0.2, -0.15) is 0 Å². The van der Waals surface area contributed by atoms with Gasteiger partial charge in [0.2, 0.25) is 0 Å². The lowest BCUT2D eigenvalue weighted by Gasteiger charge is -2.25. The summed E-state index contributed by atoms with van der Waals surface area (Å²) in [4.78, 5) is 0. The standard InChI is InChI=1S/C19H23NO2/c1-12-3-5-18-15(9-12)14(7-8-20)17(11-21)16-10-13(2)4-6-19(16)22-18/h3-6,9-10,14,17,21H,7-8,11,20H2,1-2H3/t14-,17+/m1/s1. The first kappa shape index (κ1) is 15.1. The highest BCUT2D eigenvalue weighted by molar-refractivity contribution is 5.51. The van der Waals surface area contributed by atoms with Gasteiger partial charge in [-0.05, 0) is 50.4 Å². The summed E-state index contributed by atoms with van der Waals surface area (Å²) in [7, 11) is 0. The molecule has 0 amide bonds. The van der Waals surface area contributed by atoms with Crippen LogP contribution in [-0.4, -0.2) is 18.3 Å². The lowest BCUT2D eigenvalue weighted by molar-refractivity contribution is 0.245. The zero-order valence-corrected chi connectivity index (χ0v) is 13.2.